The predicted octanol–water partition coefficient (Wildman–Crippen LogP) is 5.06. The van der Waals surface area contributed by atoms with Gasteiger partial charge in [0.15, 0.2) is 5.78 Å². The van der Waals surface area contributed by atoms with Gasteiger partial charge in [0.05, 0.1) is 12.1 Å². The van der Waals surface area contributed by atoms with Gasteiger partial charge in [-0.3, -0.25) is 14.4 Å². The molecule has 178 valence electrons. The number of hydrogen-bond acceptors (Lipinski definition) is 3. The van der Waals surface area contributed by atoms with E-state index in [9.17, 15) is 27.6 Å². The lowest BCUT2D eigenvalue weighted by Crippen LogP contribution is -2.66. The van der Waals surface area contributed by atoms with E-state index in [-0.39, 0.29) is 35.7 Å². The molecule has 0 spiro atoms. The second-order valence-corrected chi connectivity index (χ2v) is 9.72. The Morgan fingerprint density at radius 3 is 2.26 bits per heavy atom. The molecule has 1 heterocycles. The van der Waals surface area contributed by atoms with Gasteiger partial charge in [0.1, 0.15) is 0 Å². The molecule has 0 saturated heterocycles. The van der Waals surface area contributed by atoms with Crippen molar-refractivity contribution in [3.63, 3.8) is 0 Å². The van der Waals surface area contributed by atoms with E-state index in [1.807, 2.05) is 5.32 Å². The molecule has 1 unspecified atom stereocenters. The third kappa shape index (κ3) is 3.90. The summed E-state index contributed by atoms with van der Waals surface area (Å²) >= 11 is 6.22. The Kier molecular flexibility index (Phi) is 5.84. The number of benzene rings is 2. The third-order valence-electron chi connectivity index (χ3n) is 6.17. The maximum atomic E-state index is 14.8. The molecular formula is C25H22ClF3N2O3. The van der Waals surface area contributed by atoms with Crippen LogP contribution in [0.4, 0.5) is 13.2 Å². The molecule has 0 fully saturated rings. The first-order valence-electron chi connectivity index (χ1n) is 10.6. The summed E-state index contributed by atoms with van der Waals surface area (Å²) in [6, 6.07) is 13.7. The van der Waals surface area contributed by atoms with E-state index in [4.69, 9.17) is 11.6 Å². The molecule has 0 bridgehead atoms. The number of rotatable bonds is 4. The number of alkyl halides is 3. The molecule has 1 aliphatic heterocycles. The summed E-state index contributed by atoms with van der Waals surface area (Å²) in [6.45, 7) is 3.24. The SMILES string of the molecule is CC1(C)CC(=O)C2=C(C1)N(Cc1ccccc1Cl)C(=O)C2(NC(=O)c1ccccc1)C(F)(F)F. The van der Waals surface area contributed by atoms with Crippen molar-refractivity contribution in [2.45, 2.75) is 44.9 Å². The topological polar surface area (TPSA) is 66.5 Å². The Labute approximate surface area is 199 Å². The van der Waals surface area contributed by atoms with Crippen molar-refractivity contribution in [3.8, 4) is 0 Å². The first-order chi connectivity index (χ1) is 15.9. The van der Waals surface area contributed by atoms with Gasteiger partial charge >= 0.3 is 6.18 Å². The summed E-state index contributed by atoms with van der Waals surface area (Å²) in [7, 11) is 0. The Bertz CT molecular complexity index is 1210. The number of halogens is 4. The van der Waals surface area contributed by atoms with Crippen molar-refractivity contribution >= 4 is 29.2 Å². The van der Waals surface area contributed by atoms with Gasteiger partial charge in [-0.05, 0) is 35.6 Å². The normalized spacial score (nSPS) is 22.1. The zero-order chi connectivity index (χ0) is 24.9. The van der Waals surface area contributed by atoms with E-state index in [1.54, 1.807) is 44.2 Å². The van der Waals surface area contributed by atoms with Crippen LogP contribution in [-0.2, 0) is 16.1 Å². The van der Waals surface area contributed by atoms with Gasteiger partial charge in [-0.25, -0.2) is 0 Å². The minimum Gasteiger partial charge on any atom is -0.326 e. The fourth-order valence-corrected chi connectivity index (χ4v) is 4.82. The van der Waals surface area contributed by atoms with E-state index >= 15 is 0 Å². The van der Waals surface area contributed by atoms with Gasteiger partial charge in [-0.1, -0.05) is 61.8 Å². The average Bonchev–Trinajstić information content (AvgIpc) is 2.98. The molecule has 0 aromatic heterocycles. The molecular weight excluding hydrogens is 469 g/mol. The van der Waals surface area contributed by atoms with Gasteiger partial charge < -0.3 is 10.2 Å². The second-order valence-electron chi connectivity index (χ2n) is 9.31. The number of allylic oxidation sites excluding steroid dienone is 1. The Morgan fingerprint density at radius 1 is 1.03 bits per heavy atom. The molecule has 5 nitrogen and oxygen atoms in total. The minimum absolute atomic E-state index is 0.0307. The summed E-state index contributed by atoms with van der Waals surface area (Å²) in [6.07, 6.45) is -5.39. The van der Waals surface area contributed by atoms with Crippen LogP contribution >= 0.6 is 11.6 Å². The zero-order valence-electron chi connectivity index (χ0n) is 18.5. The van der Waals surface area contributed by atoms with E-state index in [0.29, 0.717) is 5.56 Å². The molecule has 0 saturated carbocycles. The second kappa shape index (κ2) is 8.27. The number of carbonyl (C=O) groups excluding carboxylic acids is 3. The first kappa shape index (κ1) is 24.0. The fraction of sp³-hybridized carbons (Fsp3) is 0.320. The maximum absolute atomic E-state index is 14.8. The van der Waals surface area contributed by atoms with Crippen LogP contribution in [0.25, 0.3) is 0 Å². The number of amides is 2. The molecule has 1 aliphatic carbocycles. The van der Waals surface area contributed by atoms with Crippen molar-refractivity contribution in [2.75, 3.05) is 0 Å². The standard InChI is InChI=1S/C25H22ClF3N2O3/c1-23(2)12-18-20(19(32)13-23)24(25(27,28)29,30-21(33)15-8-4-3-5-9-15)22(34)31(18)14-16-10-6-7-11-17(16)26/h3-11H,12-14H2,1-2H3,(H,30,33). The number of Topliss-reactive ketones (excluding diaryl/α,β-unsaturated/α-hetero) is 1. The van der Waals surface area contributed by atoms with Crippen molar-refractivity contribution < 1.29 is 27.6 Å². The summed E-state index contributed by atoms with van der Waals surface area (Å²) in [5.74, 6) is -3.33. The monoisotopic (exact) mass is 490 g/mol. The molecule has 2 aromatic rings. The summed E-state index contributed by atoms with van der Waals surface area (Å²) < 4.78 is 44.4. The molecule has 4 rings (SSSR count). The number of nitrogens with zero attached hydrogens (tertiary/aromatic N) is 1. The Hall–Kier alpha value is -3.13. The van der Waals surface area contributed by atoms with Crippen molar-refractivity contribution in [1.29, 1.82) is 0 Å². The van der Waals surface area contributed by atoms with Crippen molar-refractivity contribution in [3.05, 3.63) is 82.0 Å². The lowest BCUT2D eigenvalue weighted by molar-refractivity contribution is -0.190. The molecule has 0 radical (unpaired) electrons. The van der Waals surface area contributed by atoms with E-state index in [2.05, 4.69) is 0 Å². The highest BCUT2D eigenvalue weighted by Crippen LogP contribution is 2.52. The van der Waals surface area contributed by atoms with Gasteiger partial charge in [0.25, 0.3) is 11.8 Å². The molecule has 2 aromatic carbocycles. The highest BCUT2D eigenvalue weighted by atomic mass is 35.5. The largest absolute Gasteiger partial charge is 0.425 e. The summed E-state index contributed by atoms with van der Waals surface area (Å²) in [5.41, 5.74) is -4.52. The number of hydrogen-bond donors (Lipinski definition) is 1. The lowest BCUT2D eigenvalue weighted by Gasteiger charge is -2.35. The van der Waals surface area contributed by atoms with Crippen LogP contribution in [0.5, 0.6) is 0 Å². The molecule has 9 heteroatoms. The molecule has 1 N–H and O–H groups in total. The fourth-order valence-electron chi connectivity index (χ4n) is 4.62. The number of ketones is 1. The predicted molar refractivity (Wildman–Crippen MR) is 120 cm³/mol. The zero-order valence-corrected chi connectivity index (χ0v) is 19.3. The third-order valence-corrected chi connectivity index (χ3v) is 6.54. The van der Waals surface area contributed by atoms with Crippen molar-refractivity contribution in [1.82, 2.24) is 10.2 Å². The van der Waals surface area contributed by atoms with Gasteiger partial charge in [0, 0.05) is 22.7 Å². The lowest BCUT2D eigenvalue weighted by atomic mass is 9.72. The van der Waals surface area contributed by atoms with E-state index in [1.165, 1.54) is 24.3 Å². The highest BCUT2D eigenvalue weighted by Gasteiger charge is 2.71. The van der Waals surface area contributed by atoms with Gasteiger partial charge in [0.2, 0.25) is 5.54 Å². The molecule has 34 heavy (non-hydrogen) atoms. The van der Waals surface area contributed by atoms with Crippen LogP contribution in [0.1, 0.15) is 42.6 Å². The highest BCUT2D eigenvalue weighted by molar-refractivity contribution is 6.31. The van der Waals surface area contributed by atoms with Crippen LogP contribution in [0.3, 0.4) is 0 Å². The Balaban J connectivity index is 1.89. The smallest absolute Gasteiger partial charge is 0.326 e. The van der Waals surface area contributed by atoms with E-state index < -0.39 is 40.3 Å². The van der Waals surface area contributed by atoms with E-state index in [0.717, 1.165) is 4.90 Å². The van der Waals surface area contributed by atoms with Crippen molar-refractivity contribution in [2.24, 2.45) is 5.41 Å². The molecule has 2 aliphatic rings. The average molecular weight is 491 g/mol. The Morgan fingerprint density at radius 2 is 1.65 bits per heavy atom. The first-order valence-corrected chi connectivity index (χ1v) is 11.0. The quantitative estimate of drug-likeness (QED) is 0.651. The molecule has 2 amide bonds. The van der Waals surface area contributed by atoms with Crippen LogP contribution in [0.2, 0.25) is 5.02 Å². The van der Waals surface area contributed by atoms with Crippen LogP contribution in [0, 0.1) is 5.41 Å². The van der Waals surface area contributed by atoms with Crippen LogP contribution < -0.4 is 5.32 Å². The van der Waals surface area contributed by atoms with Gasteiger partial charge in [-0.2, -0.15) is 13.2 Å². The minimum atomic E-state index is -5.26. The van der Waals surface area contributed by atoms with Gasteiger partial charge in [-0.15, -0.1) is 0 Å². The number of nitrogens with one attached hydrogen (secondary N) is 1. The number of carbonyl (C=O) groups is 3. The maximum Gasteiger partial charge on any atom is 0.425 e. The van der Waals surface area contributed by atoms with Crippen LogP contribution in [-0.4, -0.2) is 34.2 Å². The molecule has 1 atom stereocenters. The van der Waals surface area contributed by atoms with Crippen LogP contribution in [0.15, 0.2) is 65.9 Å². The summed E-state index contributed by atoms with van der Waals surface area (Å²) in [4.78, 5) is 40.6. The summed E-state index contributed by atoms with van der Waals surface area (Å²) in [5, 5.41) is 2.19.